The number of rotatable bonds is 27. The SMILES string of the molecule is CCCCCC/C=C\CCC(O)C(=O)NC(COC1OC(CO)C(O)C(OS(=O)(=O)O)C1O)C(O)/C=C/CCCCCCCCCC. The summed E-state index contributed by atoms with van der Waals surface area (Å²) < 4.78 is 47.0. The number of carbonyl (C=O) groups excluding carboxylic acids is 1. The summed E-state index contributed by atoms with van der Waals surface area (Å²) in [7, 11) is -5.11. The van der Waals surface area contributed by atoms with Crippen molar-refractivity contribution in [2.45, 2.75) is 166 Å². The molecule has 0 saturated carbocycles. The number of amides is 1. The van der Waals surface area contributed by atoms with Crippen LogP contribution in [0.2, 0.25) is 0 Å². The van der Waals surface area contributed by atoms with E-state index in [0.29, 0.717) is 12.8 Å². The Morgan fingerprint density at radius 3 is 2.00 bits per heavy atom. The summed E-state index contributed by atoms with van der Waals surface area (Å²) in [6, 6.07) is -1.13. The fourth-order valence-electron chi connectivity index (χ4n) is 5.22. The number of ether oxygens (including phenoxy) is 2. The van der Waals surface area contributed by atoms with Crippen molar-refractivity contribution in [2.75, 3.05) is 13.2 Å². The average molecular weight is 696 g/mol. The van der Waals surface area contributed by atoms with Crippen LogP contribution in [0.5, 0.6) is 0 Å². The standard InChI is InChI=1S/C33H61NO12S/c1-3-5-7-9-11-13-14-16-17-19-21-26(36)25(34-32(40)27(37)22-20-18-15-12-10-8-6-4-2)24-44-33-30(39)31(46-47(41,42)43)29(38)28(23-35)45-33/h15,18-19,21,25-31,33,35-39H,3-14,16-17,20,22-24H2,1-2H3,(H,34,40)(H,41,42,43)/b18-15-,21-19+. The lowest BCUT2D eigenvalue weighted by Crippen LogP contribution is -2.61. The zero-order chi connectivity index (χ0) is 35.1. The molecule has 0 aromatic rings. The minimum Gasteiger partial charge on any atom is -0.394 e. The Balaban J connectivity index is 2.83. The number of allylic oxidation sites excluding steroid dienone is 3. The van der Waals surface area contributed by atoms with Gasteiger partial charge in [-0.25, -0.2) is 4.18 Å². The van der Waals surface area contributed by atoms with Gasteiger partial charge in [-0.05, 0) is 38.5 Å². The Hall–Kier alpha value is -1.46. The van der Waals surface area contributed by atoms with E-state index in [-0.39, 0.29) is 6.42 Å². The second kappa shape index (κ2) is 25.5. The number of carbonyl (C=O) groups is 1. The van der Waals surface area contributed by atoms with Gasteiger partial charge in [-0.15, -0.1) is 0 Å². The zero-order valence-corrected chi connectivity index (χ0v) is 29.0. The molecule has 0 radical (unpaired) electrons. The largest absolute Gasteiger partial charge is 0.397 e. The van der Waals surface area contributed by atoms with E-state index >= 15 is 0 Å². The van der Waals surface area contributed by atoms with E-state index in [1.54, 1.807) is 6.08 Å². The highest BCUT2D eigenvalue weighted by Crippen LogP contribution is 2.26. The van der Waals surface area contributed by atoms with E-state index in [1.165, 1.54) is 44.6 Å². The average Bonchev–Trinajstić information content (AvgIpc) is 3.03. The molecule has 8 atom stereocenters. The molecule has 1 amide bonds. The predicted molar refractivity (Wildman–Crippen MR) is 178 cm³/mol. The van der Waals surface area contributed by atoms with Crippen LogP contribution in [0.3, 0.4) is 0 Å². The monoisotopic (exact) mass is 695 g/mol. The van der Waals surface area contributed by atoms with Gasteiger partial charge in [0.05, 0.1) is 25.4 Å². The molecule has 13 nitrogen and oxygen atoms in total. The first-order valence-corrected chi connectivity index (χ1v) is 18.7. The zero-order valence-electron chi connectivity index (χ0n) is 28.2. The normalized spacial score (nSPS) is 24.1. The molecule has 1 aliphatic rings. The van der Waals surface area contributed by atoms with Crippen LogP contribution in [0.4, 0.5) is 0 Å². The summed E-state index contributed by atoms with van der Waals surface area (Å²) >= 11 is 0. The first-order chi connectivity index (χ1) is 22.4. The number of aliphatic hydroxyl groups excluding tert-OH is 5. The summed E-state index contributed by atoms with van der Waals surface area (Å²) in [4.78, 5) is 12.9. The Labute approximate surface area is 281 Å². The molecular weight excluding hydrogens is 634 g/mol. The molecule has 0 aromatic heterocycles. The lowest BCUT2D eigenvalue weighted by atomic mass is 9.99. The van der Waals surface area contributed by atoms with Gasteiger partial charge in [-0.1, -0.05) is 102 Å². The molecule has 0 bridgehead atoms. The summed E-state index contributed by atoms with van der Waals surface area (Å²) in [6.45, 7) is 3.05. The molecule has 47 heavy (non-hydrogen) atoms. The van der Waals surface area contributed by atoms with Crippen LogP contribution >= 0.6 is 0 Å². The van der Waals surface area contributed by atoms with E-state index in [1.807, 2.05) is 12.2 Å². The molecule has 1 fully saturated rings. The van der Waals surface area contributed by atoms with E-state index in [9.17, 15) is 38.7 Å². The summed E-state index contributed by atoms with van der Waals surface area (Å²) in [5.74, 6) is -0.744. The van der Waals surface area contributed by atoms with Crippen LogP contribution in [0.25, 0.3) is 0 Å². The van der Waals surface area contributed by atoms with Gasteiger partial charge in [-0.3, -0.25) is 9.35 Å². The lowest BCUT2D eigenvalue weighted by molar-refractivity contribution is -0.298. The second-order valence-electron chi connectivity index (χ2n) is 12.2. The van der Waals surface area contributed by atoms with Gasteiger partial charge in [0.25, 0.3) is 0 Å². The highest BCUT2D eigenvalue weighted by Gasteiger charge is 2.48. The third-order valence-corrected chi connectivity index (χ3v) is 8.56. The second-order valence-corrected chi connectivity index (χ2v) is 13.3. The van der Waals surface area contributed by atoms with Crippen molar-refractivity contribution in [3.63, 3.8) is 0 Å². The van der Waals surface area contributed by atoms with E-state index < -0.39 is 78.5 Å². The molecule has 276 valence electrons. The van der Waals surface area contributed by atoms with Crippen molar-refractivity contribution >= 4 is 16.3 Å². The smallest absolute Gasteiger partial charge is 0.394 e. The van der Waals surface area contributed by atoms with Crippen molar-refractivity contribution in [2.24, 2.45) is 0 Å². The van der Waals surface area contributed by atoms with Crippen LogP contribution in [-0.4, -0.2) is 107 Å². The Morgan fingerprint density at radius 2 is 1.40 bits per heavy atom. The summed E-state index contributed by atoms with van der Waals surface area (Å²) in [5.41, 5.74) is 0. The highest BCUT2D eigenvalue weighted by atomic mass is 32.3. The molecule has 8 unspecified atom stereocenters. The molecule has 1 aliphatic heterocycles. The van der Waals surface area contributed by atoms with Crippen LogP contribution in [0.1, 0.15) is 117 Å². The summed E-state index contributed by atoms with van der Waals surface area (Å²) in [6.07, 6.45) is 11.9. The molecule has 1 saturated heterocycles. The minimum absolute atomic E-state index is 0.157. The molecule has 0 aromatic carbocycles. The van der Waals surface area contributed by atoms with Gasteiger partial charge in [0.2, 0.25) is 5.91 Å². The Bertz CT molecular complexity index is 979. The van der Waals surface area contributed by atoms with Gasteiger partial charge in [0.1, 0.15) is 30.5 Å². The molecule has 1 rings (SSSR count). The number of hydrogen-bond donors (Lipinski definition) is 7. The van der Waals surface area contributed by atoms with Crippen LogP contribution in [0.15, 0.2) is 24.3 Å². The maximum atomic E-state index is 12.9. The van der Waals surface area contributed by atoms with Crippen molar-refractivity contribution in [3.05, 3.63) is 24.3 Å². The molecule has 0 spiro atoms. The van der Waals surface area contributed by atoms with Crippen molar-refractivity contribution < 1.29 is 57.0 Å². The van der Waals surface area contributed by atoms with Crippen molar-refractivity contribution in [3.8, 4) is 0 Å². The fourth-order valence-corrected chi connectivity index (χ4v) is 5.73. The number of unbranched alkanes of at least 4 members (excludes halogenated alkanes) is 12. The number of hydrogen-bond acceptors (Lipinski definition) is 11. The molecular formula is C33H61NO12S. The van der Waals surface area contributed by atoms with Gasteiger partial charge >= 0.3 is 10.4 Å². The molecule has 1 heterocycles. The third-order valence-electron chi connectivity index (χ3n) is 8.09. The van der Waals surface area contributed by atoms with E-state index in [0.717, 1.165) is 44.9 Å². The highest BCUT2D eigenvalue weighted by molar-refractivity contribution is 7.80. The first-order valence-electron chi connectivity index (χ1n) is 17.3. The van der Waals surface area contributed by atoms with E-state index in [4.69, 9.17) is 14.0 Å². The third kappa shape index (κ3) is 19.4. The Kier molecular flexibility index (Phi) is 23.6. The van der Waals surface area contributed by atoms with Gasteiger partial charge < -0.3 is 40.3 Å². The van der Waals surface area contributed by atoms with Crippen LogP contribution in [-0.2, 0) is 28.9 Å². The number of aliphatic hydroxyl groups is 5. The molecule has 7 N–H and O–H groups in total. The van der Waals surface area contributed by atoms with Gasteiger partial charge in [0.15, 0.2) is 6.29 Å². The lowest BCUT2D eigenvalue weighted by Gasteiger charge is -2.41. The van der Waals surface area contributed by atoms with Gasteiger partial charge in [0, 0.05) is 0 Å². The molecule has 0 aliphatic carbocycles. The predicted octanol–water partition coefficient (Wildman–Crippen LogP) is 3.23. The topological polar surface area (TPSA) is 212 Å². The van der Waals surface area contributed by atoms with Gasteiger partial charge in [-0.2, -0.15) is 8.42 Å². The first kappa shape index (κ1) is 43.6. The van der Waals surface area contributed by atoms with E-state index in [2.05, 4.69) is 23.3 Å². The summed E-state index contributed by atoms with van der Waals surface area (Å²) in [5, 5.41) is 54.4. The van der Waals surface area contributed by atoms with Crippen LogP contribution < -0.4 is 5.32 Å². The minimum atomic E-state index is -5.11. The number of nitrogens with one attached hydrogen (secondary N) is 1. The fraction of sp³-hybridized carbons (Fsp3) is 0.848. The quantitative estimate of drug-likeness (QED) is 0.0375. The van der Waals surface area contributed by atoms with Crippen LogP contribution in [0, 0.1) is 0 Å². The maximum absolute atomic E-state index is 12.9. The molecule has 14 heteroatoms. The van der Waals surface area contributed by atoms with Crippen molar-refractivity contribution in [1.29, 1.82) is 0 Å². The Morgan fingerprint density at radius 1 is 0.851 bits per heavy atom. The van der Waals surface area contributed by atoms with Crippen molar-refractivity contribution in [1.82, 2.24) is 5.32 Å². The maximum Gasteiger partial charge on any atom is 0.397 e.